The molecule has 9 heteroatoms. The van der Waals surface area contributed by atoms with Gasteiger partial charge in [-0.2, -0.15) is 0 Å². The van der Waals surface area contributed by atoms with E-state index in [1.54, 1.807) is 0 Å². The summed E-state index contributed by atoms with van der Waals surface area (Å²) in [4.78, 5) is 0. The third-order valence-electron chi connectivity index (χ3n) is 4.66. The number of rotatable bonds is 12. The quantitative estimate of drug-likeness (QED) is 0.180. The molecule has 0 saturated carbocycles. The second kappa shape index (κ2) is 13.2. The van der Waals surface area contributed by atoms with Gasteiger partial charge in [0.15, 0.2) is 0 Å². The zero-order valence-corrected chi connectivity index (χ0v) is 19.3. The zero-order valence-electron chi connectivity index (χ0n) is 16.3. The first-order valence-electron chi connectivity index (χ1n) is 8.08. The number of nitrogens with zero attached hydrogens (tertiary/aromatic N) is 2. The van der Waals surface area contributed by atoms with E-state index < -0.39 is 12.2 Å². The highest BCUT2D eigenvalue weighted by atomic mass is 35.5. The molecule has 0 bridgehead atoms. The van der Waals surface area contributed by atoms with Crippen molar-refractivity contribution in [1.82, 2.24) is 0 Å². The van der Waals surface area contributed by atoms with Gasteiger partial charge in [-0.1, -0.05) is 0 Å². The molecule has 2 unspecified atom stereocenters. The van der Waals surface area contributed by atoms with Crippen LogP contribution < -0.4 is 24.8 Å². The Morgan fingerprint density at radius 2 is 1.36 bits per heavy atom. The van der Waals surface area contributed by atoms with E-state index in [0.29, 0.717) is 35.3 Å². The van der Waals surface area contributed by atoms with Gasteiger partial charge in [0, 0.05) is 0 Å². The van der Waals surface area contributed by atoms with E-state index in [4.69, 9.17) is 27.9 Å². The summed E-state index contributed by atoms with van der Waals surface area (Å²) >= 11 is 11.4. The van der Waals surface area contributed by atoms with Crippen LogP contribution >= 0.6 is 23.2 Å². The molecule has 0 aliphatic rings. The lowest BCUT2D eigenvalue weighted by molar-refractivity contribution is -0.941. The van der Waals surface area contributed by atoms with E-state index in [2.05, 4.69) is 42.0 Å². The molecule has 0 heterocycles. The number of halogens is 4. The van der Waals surface area contributed by atoms with E-state index >= 15 is 0 Å². The van der Waals surface area contributed by atoms with Crippen LogP contribution in [0.15, 0.2) is 0 Å². The van der Waals surface area contributed by atoms with E-state index in [-0.39, 0.29) is 42.1 Å². The summed E-state index contributed by atoms with van der Waals surface area (Å²) in [7, 11) is 8.27. The molecule has 25 heavy (non-hydrogen) atoms. The molecule has 156 valence electrons. The number of alkyl halides is 2. The molecule has 0 aromatic carbocycles. The Kier molecular flexibility index (Phi) is 16.2. The minimum absolute atomic E-state index is 0. The number of hydrogen-bond donors (Lipinski definition) is 2. The zero-order chi connectivity index (χ0) is 18.3. The molecule has 0 saturated heterocycles. The van der Waals surface area contributed by atoms with Crippen molar-refractivity contribution in [2.45, 2.75) is 31.6 Å². The molecule has 0 radical (unpaired) electrons. The summed E-state index contributed by atoms with van der Waals surface area (Å²) in [6.07, 6.45) is -1.01. The summed E-state index contributed by atoms with van der Waals surface area (Å²) in [6, 6.07) is 0. The maximum atomic E-state index is 9.82. The van der Waals surface area contributed by atoms with E-state index in [9.17, 15) is 10.2 Å². The Morgan fingerprint density at radius 3 is 1.80 bits per heavy atom. The van der Waals surface area contributed by atoms with Crippen molar-refractivity contribution in [1.29, 1.82) is 0 Å². The van der Waals surface area contributed by atoms with Crippen molar-refractivity contribution in [3.8, 4) is 0 Å². The van der Waals surface area contributed by atoms with Crippen LogP contribution in [-0.4, -0.2) is 110 Å². The Morgan fingerprint density at radius 1 is 0.920 bits per heavy atom. The average Bonchev–Trinajstić information content (AvgIpc) is 2.42. The highest BCUT2D eigenvalue weighted by molar-refractivity contribution is 6.18. The van der Waals surface area contributed by atoms with Crippen molar-refractivity contribution in [2.24, 2.45) is 0 Å². The lowest BCUT2D eigenvalue weighted by atomic mass is 10.0. The van der Waals surface area contributed by atoms with Gasteiger partial charge in [-0.3, -0.25) is 0 Å². The minimum Gasteiger partial charge on any atom is -1.00 e. The SMILES string of the molecule is CC(C)(COCC[N+](C)(C)CC(O)CCl)[N+](C)(C)CC(O)CCl.[Cl-].[Cl-]. The first-order chi connectivity index (χ1) is 10.4. The monoisotopic (exact) mass is 444 g/mol. The van der Waals surface area contributed by atoms with Gasteiger partial charge in [-0.25, -0.2) is 0 Å². The maximum absolute atomic E-state index is 9.82. The maximum Gasteiger partial charge on any atom is 0.117 e. The molecule has 0 rings (SSSR count). The lowest BCUT2D eigenvalue weighted by Gasteiger charge is -2.45. The molecule has 2 N–H and O–H groups in total. The third kappa shape index (κ3) is 12.1. The number of aliphatic hydroxyl groups excluding tert-OH is 2. The van der Waals surface area contributed by atoms with Gasteiger partial charge in [0.05, 0.1) is 46.6 Å². The second-order valence-electron chi connectivity index (χ2n) is 8.19. The predicted octanol–water partition coefficient (Wildman–Crippen LogP) is -4.86. The van der Waals surface area contributed by atoms with Crippen molar-refractivity contribution in [3.05, 3.63) is 0 Å². The summed E-state index contributed by atoms with van der Waals surface area (Å²) < 4.78 is 7.18. The topological polar surface area (TPSA) is 49.7 Å². The molecule has 0 aliphatic carbocycles. The second-order valence-corrected chi connectivity index (χ2v) is 8.81. The highest BCUT2D eigenvalue weighted by Gasteiger charge is 2.38. The first-order valence-corrected chi connectivity index (χ1v) is 9.15. The minimum atomic E-state index is -0.515. The van der Waals surface area contributed by atoms with E-state index in [0.717, 1.165) is 6.54 Å². The van der Waals surface area contributed by atoms with Crippen LogP contribution in [0, 0.1) is 0 Å². The fraction of sp³-hybridized carbons (Fsp3) is 1.00. The van der Waals surface area contributed by atoms with Gasteiger partial charge >= 0.3 is 0 Å². The van der Waals surface area contributed by atoms with Crippen molar-refractivity contribution < 1.29 is 48.7 Å². The Bertz CT molecular complexity index is 345. The van der Waals surface area contributed by atoms with Crippen molar-refractivity contribution in [2.75, 3.05) is 72.8 Å². The van der Waals surface area contributed by atoms with Gasteiger partial charge in [-0.15, -0.1) is 23.2 Å². The van der Waals surface area contributed by atoms with E-state index in [1.165, 1.54) is 0 Å². The normalized spacial score (nSPS) is 15.1. The number of aliphatic hydroxyl groups is 2. The van der Waals surface area contributed by atoms with Crippen LogP contribution in [0.4, 0.5) is 0 Å². The number of ether oxygens (including phenoxy) is 1. The summed E-state index contributed by atoms with van der Waals surface area (Å²) in [5.41, 5.74) is -0.139. The Hall–Kier alpha value is 0.960. The van der Waals surface area contributed by atoms with Gasteiger partial charge in [0.25, 0.3) is 0 Å². The van der Waals surface area contributed by atoms with Gasteiger partial charge in [0.1, 0.15) is 44.0 Å². The van der Waals surface area contributed by atoms with E-state index in [1.807, 2.05) is 0 Å². The molecule has 0 aliphatic heterocycles. The lowest BCUT2D eigenvalue weighted by Crippen LogP contribution is -3.00. The molecule has 5 nitrogen and oxygen atoms in total. The fourth-order valence-electron chi connectivity index (χ4n) is 2.34. The molecule has 2 atom stereocenters. The summed E-state index contributed by atoms with van der Waals surface area (Å²) in [6.45, 7) is 7.47. The van der Waals surface area contributed by atoms with Crippen LogP contribution in [0.3, 0.4) is 0 Å². The molecule has 0 spiro atoms. The molecular weight excluding hydrogens is 410 g/mol. The van der Waals surface area contributed by atoms with Crippen LogP contribution in [0.2, 0.25) is 0 Å². The van der Waals surface area contributed by atoms with Crippen LogP contribution in [-0.2, 0) is 4.74 Å². The standard InChI is InChI=1S/C16H36Cl2N2O3.2ClH/c1-16(2,20(5,6)12-15(22)10-18)13-23-8-7-19(3,4)11-14(21)9-17;;/h14-15,21-22H,7-13H2,1-6H3;2*1H/q+2;;/p-2. The number of likely N-dealkylation sites (N-methyl/N-ethyl adjacent to an activating group) is 2. The molecular formula is C16H36Cl4N2O3. The number of quaternary nitrogens is 2. The molecule has 0 aromatic heterocycles. The summed E-state index contributed by atoms with van der Waals surface area (Å²) in [5, 5.41) is 19.5. The largest absolute Gasteiger partial charge is 1.00 e. The van der Waals surface area contributed by atoms with Gasteiger partial charge in [-0.05, 0) is 13.8 Å². The highest BCUT2D eigenvalue weighted by Crippen LogP contribution is 2.21. The van der Waals surface area contributed by atoms with Gasteiger partial charge < -0.3 is 48.7 Å². The number of hydrogen-bond acceptors (Lipinski definition) is 3. The molecule has 0 fully saturated rings. The average molecular weight is 446 g/mol. The van der Waals surface area contributed by atoms with Crippen LogP contribution in [0.25, 0.3) is 0 Å². The molecule has 0 aromatic rings. The Balaban J connectivity index is -0.00000242. The van der Waals surface area contributed by atoms with Crippen LogP contribution in [0.1, 0.15) is 13.8 Å². The van der Waals surface area contributed by atoms with Crippen molar-refractivity contribution in [3.63, 3.8) is 0 Å². The third-order valence-corrected chi connectivity index (χ3v) is 5.38. The molecule has 0 amide bonds. The van der Waals surface area contributed by atoms with Crippen LogP contribution in [0.5, 0.6) is 0 Å². The summed E-state index contributed by atoms with van der Waals surface area (Å²) in [5.74, 6) is 0.497. The van der Waals surface area contributed by atoms with Gasteiger partial charge in [0.2, 0.25) is 0 Å². The fourth-order valence-corrected chi connectivity index (χ4v) is 2.54. The first kappa shape index (κ1) is 30.7. The smallest absolute Gasteiger partial charge is 0.117 e. The predicted molar refractivity (Wildman–Crippen MR) is 97.2 cm³/mol. The van der Waals surface area contributed by atoms with Crippen molar-refractivity contribution >= 4 is 23.2 Å². The Labute approximate surface area is 176 Å².